The monoisotopic (exact) mass is 401 g/mol. The van der Waals surface area contributed by atoms with Gasteiger partial charge >= 0.3 is 5.97 Å². The second-order valence-corrected chi connectivity index (χ2v) is 7.09. The Morgan fingerprint density at radius 3 is 2.63 bits per heavy atom. The van der Waals surface area contributed by atoms with Crippen molar-refractivity contribution in [3.05, 3.63) is 74.6 Å². The summed E-state index contributed by atoms with van der Waals surface area (Å²) in [6.45, 7) is 1.93. The van der Waals surface area contributed by atoms with Gasteiger partial charge in [-0.2, -0.15) is 0 Å². The van der Waals surface area contributed by atoms with Gasteiger partial charge in [0.15, 0.2) is 0 Å². The van der Waals surface area contributed by atoms with Gasteiger partial charge in [-0.15, -0.1) is 0 Å². The largest absolute Gasteiger partial charge is 0.455 e. The molecule has 3 aromatic rings. The number of aryl methyl sites for hydroxylation is 1. The molecule has 1 amide bonds. The molecule has 0 spiro atoms. The van der Waals surface area contributed by atoms with Crippen molar-refractivity contribution in [2.45, 2.75) is 13.5 Å². The van der Waals surface area contributed by atoms with Crippen molar-refractivity contribution < 1.29 is 14.3 Å². The fraction of sp³-hybridized carbons (Fsp3) is 0.105. The Balaban J connectivity index is 1.72. The number of aromatic nitrogens is 1. The van der Waals surface area contributed by atoms with E-state index in [1.165, 1.54) is 0 Å². The maximum Gasteiger partial charge on any atom is 0.367 e. The predicted molar refractivity (Wildman–Crippen MR) is 106 cm³/mol. The van der Waals surface area contributed by atoms with Gasteiger partial charge in [0.2, 0.25) is 5.01 Å². The molecule has 0 atom stereocenters. The van der Waals surface area contributed by atoms with Crippen LogP contribution in [0.1, 0.15) is 30.6 Å². The maximum atomic E-state index is 12.5. The molecule has 0 aliphatic rings. The van der Waals surface area contributed by atoms with E-state index in [1.807, 2.05) is 43.3 Å². The number of halogens is 1. The zero-order valence-corrected chi connectivity index (χ0v) is 15.9. The van der Waals surface area contributed by atoms with E-state index in [1.54, 1.807) is 12.1 Å². The molecule has 3 rings (SSSR count). The Bertz CT molecular complexity index is 969. The summed E-state index contributed by atoms with van der Waals surface area (Å²) in [7, 11) is 0. The van der Waals surface area contributed by atoms with Crippen molar-refractivity contribution in [1.29, 1.82) is 0 Å². The lowest BCUT2D eigenvalue weighted by atomic mass is 10.2. The Kier molecular flexibility index (Phi) is 5.73. The van der Waals surface area contributed by atoms with Gasteiger partial charge in [-0.1, -0.05) is 65.4 Å². The highest BCUT2D eigenvalue weighted by molar-refractivity contribution is 7.16. The first-order valence-corrected chi connectivity index (χ1v) is 9.19. The minimum atomic E-state index is -0.636. The molecule has 3 N–H and O–H groups in total. The molecule has 27 heavy (non-hydrogen) atoms. The molecule has 0 aliphatic carbocycles. The highest BCUT2D eigenvalue weighted by Crippen LogP contribution is 2.28. The maximum absolute atomic E-state index is 12.5. The van der Waals surface area contributed by atoms with Gasteiger partial charge in [-0.25, -0.2) is 9.78 Å². The number of anilines is 2. The zero-order chi connectivity index (χ0) is 19.4. The number of para-hydroxylation sites is 1. The normalized spacial score (nSPS) is 10.4. The van der Waals surface area contributed by atoms with Crippen LogP contribution in [0.4, 0.5) is 11.5 Å². The molecule has 1 heterocycles. The average Bonchev–Trinajstić information content (AvgIpc) is 3.05. The number of thiazole rings is 1. The summed E-state index contributed by atoms with van der Waals surface area (Å²) < 4.78 is 5.22. The van der Waals surface area contributed by atoms with E-state index in [-0.39, 0.29) is 22.3 Å². The number of hydrogen-bond acceptors (Lipinski definition) is 6. The van der Waals surface area contributed by atoms with E-state index < -0.39 is 11.9 Å². The minimum absolute atomic E-state index is 0.0180. The van der Waals surface area contributed by atoms with Crippen LogP contribution in [0.2, 0.25) is 5.02 Å². The number of benzene rings is 2. The summed E-state index contributed by atoms with van der Waals surface area (Å²) in [6, 6.07) is 14.5. The SMILES string of the molecule is Cc1cccc(Cl)c1NC(=O)c1sc(C(=O)OCc2ccccc2)nc1N. The lowest BCUT2D eigenvalue weighted by Crippen LogP contribution is -2.13. The third-order valence-electron chi connectivity index (χ3n) is 3.71. The van der Waals surface area contributed by atoms with Crippen LogP contribution in [0, 0.1) is 6.92 Å². The number of rotatable bonds is 5. The molecule has 0 aliphatic heterocycles. The fourth-order valence-electron chi connectivity index (χ4n) is 2.33. The minimum Gasteiger partial charge on any atom is -0.455 e. The van der Waals surface area contributed by atoms with Crippen LogP contribution < -0.4 is 11.1 Å². The number of hydrogen-bond donors (Lipinski definition) is 2. The first-order chi connectivity index (χ1) is 13.0. The van der Waals surface area contributed by atoms with Crippen LogP contribution in [0.25, 0.3) is 0 Å². The molecule has 0 bridgehead atoms. The predicted octanol–water partition coefficient (Wildman–Crippen LogP) is 4.30. The van der Waals surface area contributed by atoms with E-state index in [0.29, 0.717) is 10.7 Å². The number of carbonyl (C=O) groups is 2. The molecule has 0 unspecified atom stereocenters. The summed E-state index contributed by atoms with van der Waals surface area (Å²) in [5.41, 5.74) is 7.96. The van der Waals surface area contributed by atoms with Gasteiger partial charge in [0.25, 0.3) is 5.91 Å². The van der Waals surface area contributed by atoms with Gasteiger partial charge < -0.3 is 15.8 Å². The van der Waals surface area contributed by atoms with E-state index in [2.05, 4.69) is 10.3 Å². The van der Waals surface area contributed by atoms with Gasteiger partial charge in [-0.3, -0.25) is 4.79 Å². The van der Waals surface area contributed by atoms with Crippen LogP contribution in [-0.4, -0.2) is 16.9 Å². The molecule has 0 fully saturated rings. The molecule has 6 nitrogen and oxygen atoms in total. The van der Waals surface area contributed by atoms with E-state index >= 15 is 0 Å². The molecular formula is C19H16ClN3O3S. The van der Waals surface area contributed by atoms with Crippen LogP contribution in [-0.2, 0) is 11.3 Å². The number of ether oxygens (including phenoxy) is 1. The molecule has 0 radical (unpaired) electrons. The molecule has 0 saturated carbocycles. The zero-order valence-electron chi connectivity index (χ0n) is 14.4. The van der Waals surface area contributed by atoms with Crippen molar-refractivity contribution in [3.63, 3.8) is 0 Å². The lowest BCUT2D eigenvalue weighted by molar-refractivity contribution is 0.0472. The van der Waals surface area contributed by atoms with Gasteiger partial charge in [0.1, 0.15) is 17.3 Å². The van der Waals surface area contributed by atoms with E-state index in [9.17, 15) is 9.59 Å². The number of esters is 1. The molecule has 1 aromatic heterocycles. The van der Waals surface area contributed by atoms with Crippen LogP contribution in [0.3, 0.4) is 0 Å². The summed E-state index contributed by atoms with van der Waals surface area (Å²) in [4.78, 5) is 28.8. The second-order valence-electron chi connectivity index (χ2n) is 5.68. The quantitative estimate of drug-likeness (QED) is 0.621. The third kappa shape index (κ3) is 4.45. The van der Waals surface area contributed by atoms with Crippen LogP contribution in [0.5, 0.6) is 0 Å². The van der Waals surface area contributed by atoms with Crippen molar-refractivity contribution in [3.8, 4) is 0 Å². The van der Waals surface area contributed by atoms with Gasteiger partial charge in [-0.05, 0) is 24.1 Å². The third-order valence-corrected chi connectivity index (χ3v) is 5.07. The number of nitrogens with two attached hydrogens (primary N) is 1. The van der Waals surface area contributed by atoms with Gasteiger partial charge in [0, 0.05) is 0 Å². The summed E-state index contributed by atoms with van der Waals surface area (Å²) >= 11 is 7.00. The lowest BCUT2D eigenvalue weighted by Gasteiger charge is -2.09. The Morgan fingerprint density at radius 2 is 1.93 bits per heavy atom. The summed E-state index contributed by atoms with van der Waals surface area (Å²) in [5.74, 6) is -1.15. The summed E-state index contributed by atoms with van der Waals surface area (Å²) in [5, 5.41) is 3.14. The molecule has 2 aromatic carbocycles. The topological polar surface area (TPSA) is 94.3 Å². The standard InChI is InChI=1S/C19H16ClN3O3S/c1-11-6-5-9-13(20)14(11)22-17(24)15-16(21)23-18(27-15)19(25)26-10-12-7-3-2-4-8-12/h2-9H,10,21H2,1H3,(H,22,24). The van der Waals surface area contributed by atoms with Crippen LogP contribution >= 0.6 is 22.9 Å². The Labute approximate surface area is 164 Å². The van der Waals surface area contributed by atoms with Crippen molar-refractivity contribution in [2.75, 3.05) is 11.1 Å². The van der Waals surface area contributed by atoms with E-state index in [0.717, 1.165) is 22.5 Å². The average molecular weight is 402 g/mol. The highest BCUT2D eigenvalue weighted by atomic mass is 35.5. The molecule has 8 heteroatoms. The number of nitrogen functional groups attached to an aromatic ring is 1. The number of amides is 1. The Hall–Kier alpha value is -2.90. The summed E-state index contributed by atoms with van der Waals surface area (Å²) in [6.07, 6.45) is 0. The van der Waals surface area contributed by atoms with Crippen molar-refractivity contribution in [2.24, 2.45) is 0 Å². The van der Waals surface area contributed by atoms with Gasteiger partial charge in [0.05, 0.1) is 10.7 Å². The first kappa shape index (κ1) is 18.9. The van der Waals surface area contributed by atoms with Crippen molar-refractivity contribution in [1.82, 2.24) is 4.98 Å². The van der Waals surface area contributed by atoms with E-state index in [4.69, 9.17) is 22.1 Å². The Morgan fingerprint density at radius 1 is 1.19 bits per heavy atom. The smallest absolute Gasteiger partial charge is 0.367 e. The van der Waals surface area contributed by atoms with Crippen molar-refractivity contribution >= 4 is 46.3 Å². The molecule has 138 valence electrons. The number of nitrogens with zero attached hydrogens (tertiary/aromatic N) is 1. The second kappa shape index (κ2) is 8.20. The fourth-order valence-corrected chi connectivity index (χ4v) is 3.37. The number of carbonyl (C=O) groups excluding carboxylic acids is 2. The highest BCUT2D eigenvalue weighted by Gasteiger charge is 2.22. The van der Waals surface area contributed by atoms with Crippen LogP contribution in [0.15, 0.2) is 48.5 Å². The number of nitrogens with one attached hydrogen (secondary N) is 1. The first-order valence-electron chi connectivity index (χ1n) is 7.99. The molecular weight excluding hydrogens is 386 g/mol. The molecule has 0 saturated heterocycles.